The van der Waals surface area contributed by atoms with Crippen molar-refractivity contribution in [2.75, 3.05) is 0 Å². The number of halogens is 4. The number of ether oxygens (including phenoxy) is 1. The molecule has 0 aliphatic carbocycles. The SMILES string of the molecule is O=[N+]([O-])c1cc2c(-c3ccccc3Cl)nc(-c3ccc(OC(F)(F)F)cc3)cnc2c2cnnc12. The van der Waals surface area contributed by atoms with E-state index in [0.717, 1.165) is 12.1 Å². The maximum absolute atomic E-state index is 12.5. The van der Waals surface area contributed by atoms with Crippen molar-refractivity contribution < 1.29 is 22.8 Å². The Balaban J connectivity index is 1.81. The molecule has 8 nitrogen and oxygen atoms in total. The zero-order valence-electron chi connectivity index (χ0n) is 17.3. The third kappa shape index (κ3) is 4.28. The minimum Gasteiger partial charge on any atom is -0.406 e. The lowest BCUT2D eigenvalue weighted by Crippen LogP contribution is -2.16. The van der Waals surface area contributed by atoms with Crippen LogP contribution in [0.4, 0.5) is 18.9 Å². The molecule has 2 aromatic heterocycles. The molecule has 2 heterocycles. The molecule has 0 amide bonds. The van der Waals surface area contributed by atoms with Gasteiger partial charge in [0.25, 0.3) is 5.69 Å². The van der Waals surface area contributed by atoms with E-state index in [1.165, 1.54) is 30.6 Å². The Kier molecular flexibility index (Phi) is 5.40. The first kappa shape index (κ1) is 22.4. The molecule has 12 heteroatoms. The summed E-state index contributed by atoms with van der Waals surface area (Å²) in [6, 6.07) is 13.2. The molecule has 5 aromatic rings. The van der Waals surface area contributed by atoms with Crippen LogP contribution >= 0.6 is 11.6 Å². The van der Waals surface area contributed by atoms with Crippen molar-refractivity contribution in [1.29, 1.82) is 0 Å². The minimum absolute atomic E-state index is 0.0708. The van der Waals surface area contributed by atoms with Gasteiger partial charge in [0.1, 0.15) is 5.75 Å². The highest BCUT2D eigenvalue weighted by molar-refractivity contribution is 6.33. The second kappa shape index (κ2) is 8.44. The first-order chi connectivity index (χ1) is 16.7. The van der Waals surface area contributed by atoms with Crippen LogP contribution in [0.25, 0.3) is 44.3 Å². The van der Waals surface area contributed by atoms with Crippen molar-refractivity contribution in [3.05, 3.63) is 82.1 Å². The van der Waals surface area contributed by atoms with Gasteiger partial charge >= 0.3 is 6.36 Å². The Morgan fingerprint density at radius 2 is 1.71 bits per heavy atom. The normalized spacial score (nSPS) is 11.7. The number of alkyl halides is 3. The lowest BCUT2D eigenvalue weighted by Gasteiger charge is -2.09. The van der Waals surface area contributed by atoms with Crippen LogP contribution < -0.4 is 4.74 Å². The average molecular weight is 498 g/mol. The Morgan fingerprint density at radius 3 is 2.40 bits per heavy atom. The van der Waals surface area contributed by atoms with Crippen LogP contribution in [0.1, 0.15) is 0 Å². The highest BCUT2D eigenvalue weighted by atomic mass is 35.5. The molecular weight excluding hydrogens is 487 g/mol. The molecule has 0 unspecified atom stereocenters. The standard InChI is InChI=1S/C23H11ClF3N5O3/c24-17-4-2-1-3-14(17)21-15-9-19(32(33)34)22-16(10-29-31-22)20(15)28-11-18(30-21)12-5-7-13(8-6-12)35-23(25,26)27/h1-11H. The van der Waals surface area contributed by atoms with E-state index < -0.39 is 17.0 Å². The van der Waals surface area contributed by atoms with E-state index in [2.05, 4.69) is 24.9 Å². The molecule has 3 aromatic carbocycles. The van der Waals surface area contributed by atoms with Gasteiger partial charge in [-0.3, -0.25) is 15.1 Å². The Bertz CT molecular complexity index is 1610. The summed E-state index contributed by atoms with van der Waals surface area (Å²) in [4.78, 5) is 20.4. The van der Waals surface area contributed by atoms with Gasteiger partial charge in [-0.1, -0.05) is 29.8 Å². The molecule has 0 saturated heterocycles. The molecule has 35 heavy (non-hydrogen) atoms. The summed E-state index contributed by atoms with van der Waals surface area (Å²) < 4.78 is 41.5. The maximum Gasteiger partial charge on any atom is 0.573 e. The van der Waals surface area contributed by atoms with E-state index in [-0.39, 0.29) is 16.9 Å². The summed E-state index contributed by atoms with van der Waals surface area (Å²) in [6.07, 6.45) is -2.03. The molecule has 0 atom stereocenters. The number of hydrogen-bond donors (Lipinski definition) is 0. The quantitative estimate of drug-likeness (QED) is 0.210. The summed E-state index contributed by atoms with van der Waals surface area (Å²) >= 11 is 6.44. The second-order valence-corrected chi connectivity index (χ2v) is 7.72. The Hall–Kier alpha value is -4.38. The zero-order valence-corrected chi connectivity index (χ0v) is 18.1. The van der Waals surface area contributed by atoms with Gasteiger partial charge in [-0.25, -0.2) is 4.98 Å². The number of nitrogens with zero attached hydrogens (tertiary/aromatic N) is 5. The maximum atomic E-state index is 12.5. The molecule has 5 rings (SSSR count). The summed E-state index contributed by atoms with van der Waals surface area (Å²) in [7, 11) is 0. The topological polar surface area (TPSA) is 104 Å². The summed E-state index contributed by atoms with van der Waals surface area (Å²) in [5, 5.41) is 20.4. The van der Waals surface area contributed by atoms with Gasteiger partial charge in [-0.2, -0.15) is 5.10 Å². The van der Waals surface area contributed by atoms with Gasteiger partial charge in [0.2, 0.25) is 0 Å². The third-order valence-electron chi connectivity index (χ3n) is 5.15. The first-order valence-corrected chi connectivity index (χ1v) is 10.3. The average Bonchev–Trinajstić information content (AvgIpc) is 3.21. The fourth-order valence-electron chi connectivity index (χ4n) is 3.66. The number of nitro benzene ring substituents is 1. The third-order valence-corrected chi connectivity index (χ3v) is 5.48. The minimum atomic E-state index is -4.82. The van der Waals surface area contributed by atoms with Crippen LogP contribution in [0.5, 0.6) is 5.75 Å². The van der Waals surface area contributed by atoms with Gasteiger partial charge in [0.15, 0.2) is 5.52 Å². The summed E-state index contributed by atoms with van der Waals surface area (Å²) in [5.74, 6) is -0.391. The number of fused-ring (bicyclic) bond motifs is 3. The molecule has 0 saturated carbocycles. The number of rotatable bonds is 4. The molecule has 0 N–H and O–H groups in total. The van der Waals surface area contributed by atoms with Crippen LogP contribution in [0.3, 0.4) is 0 Å². The highest BCUT2D eigenvalue weighted by Crippen LogP contribution is 2.38. The van der Waals surface area contributed by atoms with Crippen molar-refractivity contribution in [2.24, 2.45) is 0 Å². The van der Waals surface area contributed by atoms with Gasteiger partial charge < -0.3 is 4.74 Å². The Morgan fingerprint density at radius 1 is 0.971 bits per heavy atom. The van der Waals surface area contributed by atoms with E-state index >= 15 is 0 Å². The summed E-state index contributed by atoms with van der Waals surface area (Å²) in [5.41, 5.74) is 1.64. The van der Waals surface area contributed by atoms with Crippen molar-refractivity contribution >= 4 is 39.1 Å². The number of benzene rings is 3. The van der Waals surface area contributed by atoms with E-state index in [9.17, 15) is 23.3 Å². The number of non-ortho nitro benzene ring substituents is 1. The lowest BCUT2D eigenvalue weighted by atomic mass is 10.0. The second-order valence-electron chi connectivity index (χ2n) is 7.31. The number of nitro groups is 1. The van der Waals surface area contributed by atoms with Crippen LogP contribution in [0, 0.1) is 10.1 Å². The predicted octanol–water partition coefficient (Wildman–Crippen LogP) is 6.37. The van der Waals surface area contributed by atoms with Gasteiger partial charge in [-0.15, -0.1) is 18.3 Å². The van der Waals surface area contributed by atoms with E-state index in [4.69, 9.17) is 11.6 Å². The van der Waals surface area contributed by atoms with Gasteiger partial charge in [0, 0.05) is 27.6 Å². The smallest absolute Gasteiger partial charge is 0.406 e. The number of hydrogen-bond acceptors (Lipinski definition) is 7. The first-order valence-electron chi connectivity index (χ1n) is 9.92. The molecule has 0 aliphatic heterocycles. The fourth-order valence-corrected chi connectivity index (χ4v) is 3.88. The van der Waals surface area contributed by atoms with Crippen molar-refractivity contribution in [3.8, 4) is 28.3 Å². The predicted molar refractivity (Wildman–Crippen MR) is 122 cm³/mol. The van der Waals surface area contributed by atoms with Crippen molar-refractivity contribution in [2.45, 2.75) is 6.36 Å². The van der Waals surface area contributed by atoms with Crippen LogP contribution in [-0.4, -0.2) is 31.5 Å². The van der Waals surface area contributed by atoms with Gasteiger partial charge in [-0.05, 0) is 30.3 Å². The fraction of sp³-hybridized carbons (Fsp3) is 0.0435. The molecule has 174 valence electrons. The van der Waals surface area contributed by atoms with E-state index in [1.54, 1.807) is 24.3 Å². The Labute approximate surface area is 199 Å². The molecule has 0 radical (unpaired) electrons. The molecular formula is C23H11ClF3N5O3. The van der Waals surface area contributed by atoms with Crippen molar-refractivity contribution in [1.82, 2.24) is 20.2 Å². The van der Waals surface area contributed by atoms with Crippen LogP contribution in [0.2, 0.25) is 5.02 Å². The van der Waals surface area contributed by atoms with Crippen molar-refractivity contribution in [3.63, 3.8) is 0 Å². The molecule has 0 bridgehead atoms. The largest absolute Gasteiger partial charge is 0.573 e. The van der Waals surface area contributed by atoms with E-state index in [0.29, 0.717) is 38.1 Å². The van der Waals surface area contributed by atoms with Crippen LogP contribution in [0.15, 0.2) is 67.0 Å². The van der Waals surface area contributed by atoms with Gasteiger partial charge in [0.05, 0.1) is 39.6 Å². The molecule has 0 aliphatic rings. The zero-order chi connectivity index (χ0) is 24.7. The van der Waals surface area contributed by atoms with Crippen LogP contribution in [-0.2, 0) is 0 Å². The number of aromatic nitrogens is 4. The van der Waals surface area contributed by atoms with E-state index in [1.807, 2.05) is 0 Å². The molecule has 0 spiro atoms. The molecule has 0 fully saturated rings. The monoisotopic (exact) mass is 497 g/mol. The summed E-state index contributed by atoms with van der Waals surface area (Å²) in [6.45, 7) is 0. The lowest BCUT2D eigenvalue weighted by molar-refractivity contribution is -0.383. The highest BCUT2D eigenvalue weighted by Gasteiger charge is 2.31.